The molecule has 224 valence electrons. The summed E-state index contributed by atoms with van der Waals surface area (Å²) in [5.74, 6) is 1.79. The van der Waals surface area contributed by atoms with E-state index in [1.807, 2.05) is 42.5 Å². The SMILES string of the molecule is [2H]c1ccc(-c2nc(-c3ccccc3)nc(-c3ccc(-c4c5ccccc5c(-c5ccccc5)c5ccccc45)c4ccccc34)n2)cc1. The summed E-state index contributed by atoms with van der Waals surface area (Å²) in [6, 6.07) is 59.0. The van der Waals surface area contributed by atoms with E-state index in [1.54, 1.807) is 12.1 Å². The molecule has 3 heteroatoms. The Kier molecular flexibility index (Phi) is 6.53. The highest BCUT2D eigenvalue weighted by atomic mass is 15.0. The zero-order chi connectivity index (χ0) is 32.7. The Balaban J connectivity index is 1.31. The van der Waals surface area contributed by atoms with E-state index in [0.29, 0.717) is 23.5 Å². The maximum absolute atomic E-state index is 7.99. The third-order valence-electron chi connectivity index (χ3n) is 9.07. The predicted octanol–water partition coefficient (Wildman–Crippen LogP) is 11.7. The molecule has 0 amide bonds. The number of fused-ring (bicyclic) bond motifs is 3. The van der Waals surface area contributed by atoms with Crippen LogP contribution in [0.2, 0.25) is 0 Å². The van der Waals surface area contributed by atoms with E-state index in [0.717, 1.165) is 33.0 Å². The van der Waals surface area contributed by atoms with E-state index in [9.17, 15) is 0 Å². The average Bonchev–Trinajstić information content (AvgIpc) is 3.17. The molecule has 0 fully saturated rings. The van der Waals surface area contributed by atoms with Crippen LogP contribution >= 0.6 is 0 Å². The van der Waals surface area contributed by atoms with Crippen molar-refractivity contribution < 1.29 is 1.37 Å². The van der Waals surface area contributed by atoms with Crippen molar-refractivity contribution in [2.45, 2.75) is 0 Å². The van der Waals surface area contributed by atoms with Gasteiger partial charge < -0.3 is 0 Å². The van der Waals surface area contributed by atoms with Crippen molar-refractivity contribution in [2.24, 2.45) is 0 Å². The molecule has 0 atom stereocenters. The summed E-state index contributed by atoms with van der Waals surface area (Å²) >= 11 is 0. The van der Waals surface area contributed by atoms with Gasteiger partial charge in [-0.3, -0.25) is 0 Å². The van der Waals surface area contributed by atoms with Gasteiger partial charge in [0.25, 0.3) is 0 Å². The van der Waals surface area contributed by atoms with Gasteiger partial charge in [0.2, 0.25) is 0 Å². The third kappa shape index (κ3) is 4.72. The molecule has 0 aliphatic heterocycles. The summed E-state index contributed by atoms with van der Waals surface area (Å²) in [5.41, 5.74) is 7.53. The van der Waals surface area contributed by atoms with Crippen molar-refractivity contribution in [3.8, 4) is 56.4 Å². The smallest absolute Gasteiger partial charge is 0.164 e. The standard InChI is InChI=1S/C45H29N3/c1-4-16-30(17-5-1)41-35-24-12-14-26-37(35)42(38-27-15-13-25-36(38)41)39-28-29-40(34-23-11-10-22-33(34)39)45-47-43(31-18-6-2-7-19-31)46-44(48-45)32-20-8-3-9-21-32/h1-29H/i2D. The van der Waals surface area contributed by atoms with Crippen LogP contribution in [0, 0.1) is 0 Å². The quantitative estimate of drug-likeness (QED) is 0.182. The number of rotatable bonds is 5. The molecule has 1 aromatic heterocycles. The zero-order valence-electron chi connectivity index (χ0n) is 27.0. The largest absolute Gasteiger partial charge is 0.208 e. The first-order chi connectivity index (χ1) is 24.2. The highest BCUT2D eigenvalue weighted by Crippen LogP contribution is 2.46. The molecule has 8 aromatic carbocycles. The highest BCUT2D eigenvalue weighted by Gasteiger charge is 2.20. The van der Waals surface area contributed by atoms with Gasteiger partial charge >= 0.3 is 0 Å². The lowest BCUT2D eigenvalue weighted by atomic mass is 9.84. The third-order valence-corrected chi connectivity index (χ3v) is 9.07. The minimum Gasteiger partial charge on any atom is -0.208 e. The molecule has 0 aliphatic rings. The van der Waals surface area contributed by atoms with Crippen molar-refractivity contribution in [3.63, 3.8) is 0 Å². The molecular formula is C45H29N3. The van der Waals surface area contributed by atoms with E-state index in [4.69, 9.17) is 16.3 Å². The Morgan fingerprint density at radius 1 is 0.292 bits per heavy atom. The van der Waals surface area contributed by atoms with Crippen LogP contribution in [0.15, 0.2) is 176 Å². The number of benzene rings is 8. The van der Waals surface area contributed by atoms with Gasteiger partial charge in [0.05, 0.1) is 1.37 Å². The summed E-state index contributed by atoms with van der Waals surface area (Å²) in [6.45, 7) is 0. The summed E-state index contributed by atoms with van der Waals surface area (Å²) in [5, 5.41) is 7.07. The van der Waals surface area contributed by atoms with E-state index in [2.05, 4.69) is 115 Å². The first kappa shape index (κ1) is 26.7. The Labute approximate surface area is 280 Å². The van der Waals surface area contributed by atoms with Gasteiger partial charge in [0, 0.05) is 16.7 Å². The molecule has 3 nitrogen and oxygen atoms in total. The van der Waals surface area contributed by atoms with Gasteiger partial charge in [-0.05, 0) is 60.6 Å². The van der Waals surface area contributed by atoms with Gasteiger partial charge in [-0.15, -0.1) is 0 Å². The van der Waals surface area contributed by atoms with Crippen molar-refractivity contribution in [1.29, 1.82) is 0 Å². The van der Waals surface area contributed by atoms with Crippen LogP contribution in [0.25, 0.3) is 88.7 Å². The van der Waals surface area contributed by atoms with Gasteiger partial charge in [-0.1, -0.05) is 170 Å². The zero-order valence-corrected chi connectivity index (χ0v) is 26.0. The fourth-order valence-corrected chi connectivity index (χ4v) is 6.92. The first-order valence-electron chi connectivity index (χ1n) is 16.6. The van der Waals surface area contributed by atoms with Gasteiger partial charge in [-0.2, -0.15) is 0 Å². The topological polar surface area (TPSA) is 38.7 Å². The Morgan fingerprint density at radius 3 is 1.21 bits per heavy atom. The summed E-state index contributed by atoms with van der Waals surface area (Å²) in [4.78, 5) is 15.0. The lowest BCUT2D eigenvalue weighted by Crippen LogP contribution is -2.00. The molecule has 0 N–H and O–H groups in total. The Bertz CT molecular complexity index is 2600. The molecule has 0 spiro atoms. The highest BCUT2D eigenvalue weighted by molar-refractivity contribution is 6.24. The molecular weight excluding hydrogens is 583 g/mol. The molecule has 9 aromatic rings. The molecule has 48 heavy (non-hydrogen) atoms. The average molecular weight is 613 g/mol. The van der Waals surface area contributed by atoms with Crippen LogP contribution in [0.1, 0.15) is 1.37 Å². The summed E-state index contributed by atoms with van der Waals surface area (Å²) in [7, 11) is 0. The van der Waals surface area contributed by atoms with Crippen LogP contribution in [0.3, 0.4) is 0 Å². The molecule has 0 saturated heterocycles. The summed E-state index contributed by atoms with van der Waals surface area (Å²) in [6.07, 6.45) is 0. The molecule has 0 aliphatic carbocycles. The molecule has 0 unspecified atom stereocenters. The second-order valence-corrected chi connectivity index (χ2v) is 11.9. The molecule has 9 rings (SSSR count). The normalized spacial score (nSPS) is 11.6. The van der Waals surface area contributed by atoms with Gasteiger partial charge in [0.1, 0.15) is 0 Å². The second-order valence-electron chi connectivity index (χ2n) is 11.9. The fraction of sp³-hybridized carbons (Fsp3) is 0. The van der Waals surface area contributed by atoms with Crippen molar-refractivity contribution in [2.75, 3.05) is 0 Å². The van der Waals surface area contributed by atoms with Crippen LogP contribution in [0.5, 0.6) is 0 Å². The van der Waals surface area contributed by atoms with Gasteiger partial charge in [-0.25, -0.2) is 15.0 Å². The maximum Gasteiger partial charge on any atom is 0.164 e. The van der Waals surface area contributed by atoms with Crippen LogP contribution in [-0.2, 0) is 0 Å². The predicted molar refractivity (Wildman–Crippen MR) is 200 cm³/mol. The van der Waals surface area contributed by atoms with Crippen molar-refractivity contribution in [3.05, 3.63) is 176 Å². The van der Waals surface area contributed by atoms with Gasteiger partial charge in [0.15, 0.2) is 17.5 Å². The number of aromatic nitrogens is 3. The Hall–Kier alpha value is -6.45. The van der Waals surface area contributed by atoms with E-state index in [1.165, 1.54) is 38.2 Å². The Morgan fingerprint density at radius 2 is 0.667 bits per heavy atom. The van der Waals surface area contributed by atoms with E-state index >= 15 is 0 Å². The first-order valence-corrected chi connectivity index (χ1v) is 16.1. The molecule has 0 bridgehead atoms. The summed E-state index contributed by atoms with van der Waals surface area (Å²) < 4.78 is 7.99. The number of hydrogen-bond donors (Lipinski definition) is 0. The maximum atomic E-state index is 7.99. The minimum atomic E-state index is 0.444. The monoisotopic (exact) mass is 612 g/mol. The number of hydrogen-bond acceptors (Lipinski definition) is 3. The lowest BCUT2D eigenvalue weighted by Gasteiger charge is -2.19. The van der Waals surface area contributed by atoms with Crippen LogP contribution < -0.4 is 0 Å². The van der Waals surface area contributed by atoms with E-state index < -0.39 is 0 Å². The molecule has 0 radical (unpaired) electrons. The number of nitrogens with zero attached hydrogens (tertiary/aromatic N) is 3. The molecule has 0 saturated carbocycles. The van der Waals surface area contributed by atoms with Crippen LogP contribution in [0.4, 0.5) is 0 Å². The fourth-order valence-electron chi connectivity index (χ4n) is 6.92. The van der Waals surface area contributed by atoms with E-state index in [-0.39, 0.29) is 0 Å². The minimum absolute atomic E-state index is 0.444. The molecule has 1 heterocycles. The second kappa shape index (κ2) is 11.7. The van der Waals surface area contributed by atoms with Crippen molar-refractivity contribution in [1.82, 2.24) is 15.0 Å². The van der Waals surface area contributed by atoms with Crippen molar-refractivity contribution >= 4 is 32.3 Å². The lowest BCUT2D eigenvalue weighted by molar-refractivity contribution is 1.08. The van der Waals surface area contributed by atoms with Crippen LogP contribution in [-0.4, -0.2) is 15.0 Å².